The average molecular weight is 351 g/mol. The van der Waals surface area contributed by atoms with Crippen LogP contribution in [-0.2, 0) is 6.54 Å². The molecule has 1 aromatic rings. The maximum Gasteiger partial charge on any atom is 0.0489 e. The predicted molar refractivity (Wildman–Crippen MR) is 82.5 cm³/mol. The van der Waals surface area contributed by atoms with Gasteiger partial charge in [-0.25, -0.2) is 0 Å². The van der Waals surface area contributed by atoms with Gasteiger partial charge in [-0.3, -0.25) is 0 Å². The Balaban J connectivity index is 1.93. The molecule has 2 unspecified atom stereocenters. The molecule has 1 aliphatic carbocycles. The second kappa shape index (κ2) is 7.14. The first-order chi connectivity index (χ1) is 8.66. The van der Waals surface area contributed by atoms with Gasteiger partial charge in [0.05, 0.1) is 0 Å². The monoisotopic (exact) mass is 349 g/mol. The first kappa shape index (κ1) is 14.6. The predicted octanol–water partition coefficient (Wildman–Crippen LogP) is 5.13. The Kier molecular flexibility index (Phi) is 5.81. The maximum atomic E-state index is 6.42. The number of hydrogen-bond acceptors (Lipinski definition) is 1. The van der Waals surface area contributed by atoms with Crippen molar-refractivity contribution in [3.05, 3.63) is 33.3 Å². The van der Waals surface area contributed by atoms with Crippen molar-refractivity contribution in [1.29, 1.82) is 0 Å². The molecule has 1 aromatic carbocycles. The van der Waals surface area contributed by atoms with Crippen LogP contribution in [0, 0.1) is 0 Å². The Morgan fingerprint density at radius 2 is 2.00 bits per heavy atom. The van der Waals surface area contributed by atoms with E-state index in [0.717, 1.165) is 28.0 Å². The molecule has 4 heteroatoms. The van der Waals surface area contributed by atoms with E-state index in [2.05, 4.69) is 27.3 Å². The fourth-order valence-corrected chi connectivity index (χ4v) is 3.51. The summed E-state index contributed by atoms with van der Waals surface area (Å²) in [6, 6.07) is 6.42. The number of rotatable bonds is 3. The van der Waals surface area contributed by atoms with Crippen LogP contribution in [-0.4, -0.2) is 11.4 Å². The van der Waals surface area contributed by atoms with Crippen LogP contribution < -0.4 is 5.32 Å². The van der Waals surface area contributed by atoms with Crippen molar-refractivity contribution in [2.45, 2.75) is 50.1 Å². The van der Waals surface area contributed by atoms with E-state index in [4.69, 9.17) is 23.2 Å². The molecule has 0 spiro atoms. The minimum atomic E-state index is 0.252. The van der Waals surface area contributed by atoms with Crippen LogP contribution in [0.3, 0.4) is 0 Å². The largest absolute Gasteiger partial charge is 0.308 e. The molecule has 0 radical (unpaired) electrons. The molecule has 1 nitrogen and oxygen atoms in total. The van der Waals surface area contributed by atoms with Crippen LogP contribution >= 0.6 is 39.1 Å². The lowest BCUT2D eigenvalue weighted by Crippen LogP contribution is -2.35. The zero-order valence-corrected chi connectivity index (χ0v) is 13.4. The molecule has 1 fully saturated rings. The van der Waals surface area contributed by atoms with E-state index >= 15 is 0 Å². The van der Waals surface area contributed by atoms with Crippen LogP contribution in [0.2, 0.25) is 5.02 Å². The Hall–Kier alpha value is 0.240. The van der Waals surface area contributed by atoms with Gasteiger partial charge in [-0.05, 0) is 30.5 Å². The summed E-state index contributed by atoms with van der Waals surface area (Å²) in [6.07, 6.45) is 6.12. The highest BCUT2D eigenvalue weighted by Gasteiger charge is 2.21. The third-order valence-corrected chi connectivity index (χ3v) is 4.87. The van der Waals surface area contributed by atoms with Gasteiger partial charge < -0.3 is 5.32 Å². The van der Waals surface area contributed by atoms with Crippen molar-refractivity contribution in [3.8, 4) is 0 Å². The first-order valence-corrected chi connectivity index (χ1v) is 8.09. The van der Waals surface area contributed by atoms with Gasteiger partial charge in [0.25, 0.3) is 0 Å². The Morgan fingerprint density at radius 3 is 2.78 bits per heavy atom. The van der Waals surface area contributed by atoms with Gasteiger partial charge >= 0.3 is 0 Å². The lowest BCUT2D eigenvalue weighted by Gasteiger charge is -2.21. The summed E-state index contributed by atoms with van der Waals surface area (Å²) in [5.74, 6) is 0. The molecular weight excluding hydrogens is 333 g/mol. The van der Waals surface area contributed by atoms with Crippen LogP contribution in [0.25, 0.3) is 0 Å². The molecule has 0 heterocycles. The summed E-state index contributed by atoms with van der Waals surface area (Å²) in [7, 11) is 0. The molecule has 0 aliphatic heterocycles. The average Bonchev–Trinajstić information content (AvgIpc) is 2.53. The third kappa shape index (κ3) is 4.12. The molecular formula is C14H18BrCl2N. The van der Waals surface area contributed by atoms with Crippen molar-refractivity contribution in [2.75, 3.05) is 0 Å². The summed E-state index contributed by atoms with van der Waals surface area (Å²) in [5, 5.41) is 4.61. The molecule has 0 aromatic heterocycles. The number of hydrogen-bond donors (Lipinski definition) is 1. The highest BCUT2D eigenvalue weighted by atomic mass is 79.9. The Bertz CT molecular complexity index is 397. The molecule has 100 valence electrons. The SMILES string of the molecule is Clc1cc(Br)ccc1CNC1CCCCCC1Cl. The van der Waals surface area contributed by atoms with E-state index in [-0.39, 0.29) is 5.38 Å². The van der Waals surface area contributed by atoms with Crippen LogP contribution in [0.4, 0.5) is 0 Å². The van der Waals surface area contributed by atoms with Crippen LogP contribution in [0.15, 0.2) is 22.7 Å². The molecule has 0 amide bonds. The number of halogens is 3. The lowest BCUT2D eigenvalue weighted by molar-refractivity contribution is 0.465. The highest BCUT2D eigenvalue weighted by Crippen LogP contribution is 2.24. The zero-order chi connectivity index (χ0) is 13.0. The molecule has 2 atom stereocenters. The minimum Gasteiger partial charge on any atom is -0.308 e. The van der Waals surface area contributed by atoms with Crippen LogP contribution in [0.1, 0.15) is 37.7 Å². The van der Waals surface area contributed by atoms with E-state index in [1.807, 2.05) is 12.1 Å². The van der Waals surface area contributed by atoms with Gasteiger partial charge in [-0.2, -0.15) is 0 Å². The first-order valence-electron chi connectivity index (χ1n) is 6.48. The molecule has 0 saturated heterocycles. The Morgan fingerprint density at radius 1 is 1.22 bits per heavy atom. The minimum absolute atomic E-state index is 0.252. The number of benzene rings is 1. The fourth-order valence-electron chi connectivity index (χ4n) is 2.40. The fraction of sp³-hybridized carbons (Fsp3) is 0.571. The molecule has 0 bridgehead atoms. The standard InChI is InChI=1S/C14H18BrCl2N/c15-11-7-6-10(13(17)8-11)9-18-14-5-3-1-2-4-12(14)16/h6-8,12,14,18H,1-5,9H2. The van der Waals surface area contributed by atoms with Gasteiger partial charge in [0.2, 0.25) is 0 Å². The Labute approximate surface area is 127 Å². The summed E-state index contributed by atoms with van der Waals surface area (Å²) >= 11 is 16.0. The smallest absolute Gasteiger partial charge is 0.0489 e. The molecule has 18 heavy (non-hydrogen) atoms. The van der Waals surface area contributed by atoms with Gasteiger partial charge in [0, 0.05) is 27.5 Å². The normalized spacial score (nSPS) is 24.8. The maximum absolute atomic E-state index is 6.42. The van der Waals surface area contributed by atoms with E-state index in [1.54, 1.807) is 0 Å². The van der Waals surface area contributed by atoms with Gasteiger partial charge in [-0.1, -0.05) is 52.9 Å². The van der Waals surface area contributed by atoms with Crippen molar-refractivity contribution in [1.82, 2.24) is 5.32 Å². The summed E-state index contributed by atoms with van der Waals surface area (Å²) < 4.78 is 1.01. The lowest BCUT2D eigenvalue weighted by atomic mass is 10.1. The van der Waals surface area contributed by atoms with Crippen molar-refractivity contribution in [2.24, 2.45) is 0 Å². The molecule has 1 saturated carbocycles. The summed E-state index contributed by atoms with van der Waals surface area (Å²) in [6.45, 7) is 0.792. The topological polar surface area (TPSA) is 12.0 Å². The molecule has 1 N–H and O–H groups in total. The van der Waals surface area contributed by atoms with E-state index < -0.39 is 0 Å². The second-order valence-corrected chi connectivity index (χ2v) is 6.76. The summed E-state index contributed by atoms with van der Waals surface area (Å²) in [5.41, 5.74) is 1.13. The second-order valence-electron chi connectivity index (χ2n) is 4.88. The van der Waals surface area contributed by atoms with Crippen molar-refractivity contribution < 1.29 is 0 Å². The molecule has 1 aliphatic rings. The zero-order valence-electron chi connectivity index (χ0n) is 10.3. The summed E-state index contributed by atoms with van der Waals surface area (Å²) in [4.78, 5) is 0. The van der Waals surface area contributed by atoms with Gasteiger partial charge in [0.1, 0.15) is 0 Å². The highest BCUT2D eigenvalue weighted by molar-refractivity contribution is 9.10. The molecule has 2 rings (SSSR count). The van der Waals surface area contributed by atoms with Crippen molar-refractivity contribution in [3.63, 3.8) is 0 Å². The number of nitrogens with one attached hydrogen (secondary N) is 1. The van der Waals surface area contributed by atoms with Crippen LogP contribution in [0.5, 0.6) is 0 Å². The third-order valence-electron chi connectivity index (χ3n) is 3.50. The van der Waals surface area contributed by atoms with E-state index in [9.17, 15) is 0 Å². The quantitative estimate of drug-likeness (QED) is 0.588. The van der Waals surface area contributed by atoms with Gasteiger partial charge in [-0.15, -0.1) is 11.6 Å². The van der Waals surface area contributed by atoms with Gasteiger partial charge in [0.15, 0.2) is 0 Å². The van der Waals surface area contributed by atoms with E-state index in [1.165, 1.54) is 25.7 Å². The van der Waals surface area contributed by atoms with Crippen molar-refractivity contribution >= 4 is 39.1 Å². The van der Waals surface area contributed by atoms with E-state index in [0.29, 0.717) is 6.04 Å². The number of alkyl halides is 1.